The molecule has 3 rings (SSSR count). The normalized spacial score (nSPS) is 26.9. The number of hydrogen-bond acceptors (Lipinski definition) is 5. The summed E-state index contributed by atoms with van der Waals surface area (Å²) in [5.74, 6) is 0.760. The van der Waals surface area contributed by atoms with Crippen molar-refractivity contribution in [2.45, 2.75) is 51.2 Å². The summed E-state index contributed by atoms with van der Waals surface area (Å²) in [5.41, 5.74) is 0.230. The van der Waals surface area contributed by atoms with E-state index in [0.29, 0.717) is 12.1 Å². The number of likely N-dealkylation sites (N-methyl/N-ethyl adjacent to an activating group) is 1. The number of amides is 1. The zero-order chi connectivity index (χ0) is 20.7. The lowest BCUT2D eigenvalue weighted by atomic mass is 9.60. The van der Waals surface area contributed by atoms with Crippen molar-refractivity contribution in [1.82, 2.24) is 20.4 Å². The molecule has 2 saturated carbocycles. The maximum absolute atomic E-state index is 12.0. The van der Waals surface area contributed by atoms with Gasteiger partial charge in [0.05, 0.1) is 19.3 Å². The van der Waals surface area contributed by atoms with E-state index in [-0.39, 0.29) is 17.9 Å². The molecule has 8 heteroatoms. The van der Waals surface area contributed by atoms with Crippen molar-refractivity contribution in [2.24, 2.45) is 10.4 Å². The third-order valence-electron chi connectivity index (χ3n) is 6.69. The van der Waals surface area contributed by atoms with Crippen molar-refractivity contribution < 1.29 is 14.3 Å². The average Bonchev–Trinajstić information content (AvgIpc) is 3.24. The largest absolute Gasteiger partial charge is 0.379 e. The molecule has 0 aromatic rings. The molecule has 1 amide bonds. The zero-order valence-corrected chi connectivity index (χ0v) is 18.4. The highest BCUT2D eigenvalue weighted by molar-refractivity contribution is 5.85. The Labute approximate surface area is 175 Å². The van der Waals surface area contributed by atoms with Crippen LogP contribution in [0.15, 0.2) is 4.99 Å². The van der Waals surface area contributed by atoms with Gasteiger partial charge in [0.2, 0.25) is 5.91 Å². The SMILES string of the molecule is CCOC1CC(NC(=NCC(=O)N(C)C)NCCN2CCOCC2)C12CCCC2. The third kappa shape index (κ3) is 5.61. The van der Waals surface area contributed by atoms with Gasteiger partial charge in [-0.05, 0) is 26.2 Å². The molecule has 0 radical (unpaired) electrons. The number of morpholine rings is 1. The van der Waals surface area contributed by atoms with Gasteiger partial charge in [-0.25, -0.2) is 4.99 Å². The molecule has 1 saturated heterocycles. The molecule has 2 unspecified atom stereocenters. The molecule has 3 aliphatic rings. The van der Waals surface area contributed by atoms with E-state index in [1.165, 1.54) is 25.7 Å². The number of guanidine groups is 1. The van der Waals surface area contributed by atoms with E-state index in [4.69, 9.17) is 9.47 Å². The van der Waals surface area contributed by atoms with E-state index in [1.54, 1.807) is 19.0 Å². The van der Waals surface area contributed by atoms with Crippen molar-refractivity contribution in [2.75, 3.05) is 66.6 Å². The average molecular weight is 410 g/mol. The molecule has 2 N–H and O–H groups in total. The molecule has 1 heterocycles. The summed E-state index contributed by atoms with van der Waals surface area (Å²) in [6.07, 6.45) is 6.35. The van der Waals surface area contributed by atoms with Crippen molar-refractivity contribution >= 4 is 11.9 Å². The molecular weight excluding hydrogens is 370 g/mol. The molecule has 2 atom stereocenters. The van der Waals surface area contributed by atoms with E-state index in [2.05, 4.69) is 27.4 Å². The molecule has 3 fully saturated rings. The van der Waals surface area contributed by atoms with Crippen LogP contribution in [0, 0.1) is 5.41 Å². The molecule has 1 spiro atoms. The van der Waals surface area contributed by atoms with Gasteiger partial charge in [-0.2, -0.15) is 0 Å². The lowest BCUT2D eigenvalue weighted by molar-refractivity contribution is -0.127. The summed E-state index contributed by atoms with van der Waals surface area (Å²) in [4.78, 5) is 20.6. The van der Waals surface area contributed by atoms with Gasteiger partial charge in [-0.3, -0.25) is 9.69 Å². The van der Waals surface area contributed by atoms with Crippen LogP contribution >= 0.6 is 0 Å². The van der Waals surface area contributed by atoms with Crippen LogP contribution in [0.2, 0.25) is 0 Å². The minimum absolute atomic E-state index is 0.00987. The highest BCUT2D eigenvalue weighted by Crippen LogP contribution is 2.54. The summed E-state index contributed by atoms with van der Waals surface area (Å²) in [6, 6.07) is 0.366. The van der Waals surface area contributed by atoms with Gasteiger partial charge in [-0.15, -0.1) is 0 Å². The Balaban J connectivity index is 1.58. The first-order chi connectivity index (χ1) is 14.0. The number of rotatable bonds is 8. The van der Waals surface area contributed by atoms with Gasteiger partial charge in [0.15, 0.2) is 5.96 Å². The van der Waals surface area contributed by atoms with Crippen molar-refractivity contribution in [3.05, 3.63) is 0 Å². The van der Waals surface area contributed by atoms with Crippen LogP contribution in [-0.2, 0) is 14.3 Å². The predicted molar refractivity (Wildman–Crippen MR) is 114 cm³/mol. The monoisotopic (exact) mass is 409 g/mol. The van der Waals surface area contributed by atoms with Gasteiger partial charge < -0.3 is 25.0 Å². The van der Waals surface area contributed by atoms with Gasteiger partial charge >= 0.3 is 0 Å². The van der Waals surface area contributed by atoms with Crippen LogP contribution in [0.1, 0.15) is 39.0 Å². The van der Waals surface area contributed by atoms with E-state index in [0.717, 1.165) is 58.4 Å². The molecule has 0 aromatic heterocycles. The smallest absolute Gasteiger partial charge is 0.243 e. The third-order valence-corrected chi connectivity index (χ3v) is 6.69. The molecule has 29 heavy (non-hydrogen) atoms. The summed E-state index contributed by atoms with van der Waals surface area (Å²) in [6.45, 7) is 8.32. The Hall–Kier alpha value is -1.38. The van der Waals surface area contributed by atoms with Crippen molar-refractivity contribution in [1.29, 1.82) is 0 Å². The lowest BCUT2D eigenvalue weighted by Crippen LogP contribution is -2.65. The first-order valence-corrected chi connectivity index (χ1v) is 11.2. The molecule has 8 nitrogen and oxygen atoms in total. The Morgan fingerprint density at radius 2 is 2.00 bits per heavy atom. The molecule has 1 aliphatic heterocycles. The number of nitrogens with one attached hydrogen (secondary N) is 2. The zero-order valence-electron chi connectivity index (χ0n) is 18.4. The summed E-state index contributed by atoms with van der Waals surface area (Å²) < 4.78 is 11.5. The Kier molecular flexibility index (Phi) is 8.15. The van der Waals surface area contributed by atoms with E-state index in [9.17, 15) is 4.79 Å². The minimum atomic E-state index is 0.00987. The maximum Gasteiger partial charge on any atom is 0.243 e. The second-order valence-electron chi connectivity index (χ2n) is 8.65. The number of ether oxygens (including phenoxy) is 2. The fourth-order valence-electron chi connectivity index (χ4n) is 4.85. The van der Waals surface area contributed by atoms with Crippen LogP contribution < -0.4 is 10.6 Å². The number of carbonyl (C=O) groups is 1. The van der Waals surface area contributed by atoms with E-state index in [1.807, 2.05) is 0 Å². The molecule has 2 aliphatic carbocycles. The number of hydrogen-bond donors (Lipinski definition) is 2. The van der Waals surface area contributed by atoms with Gasteiger partial charge in [0.1, 0.15) is 6.54 Å². The molecular formula is C21H39N5O3. The maximum atomic E-state index is 12.0. The van der Waals surface area contributed by atoms with Crippen LogP contribution in [-0.4, -0.2) is 100 Å². The first kappa shape index (κ1) is 22.3. The minimum Gasteiger partial charge on any atom is -0.379 e. The van der Waals surface area contributed by atoms with E-state index < -0.39 is 0 Å². The van der Waals surface area contributed by atoms with Gasteiger partial charge in [0, 0.05) is 58.3 Å². The van der Waals surface area contributed by atoms with Crippen LogP contribution in [0.3, 0.4) is 0 Å². The van der Waals surface area contributed by atoms with Crippen LogP contribution in [0.25, 0.3) is 0 Å². The van der Waals surface area contributed by atoms with E-state index >= 15 is 0 Å². The fraction of sp³-hybridized carbons (Fsp3) is 0.905. The molecule has 0 aromatic carbocycles. The standard InChI is InChI=1S/C21H39N5O3/c1-4-29-18-15-17(21(18)7-5-6-8-21)24-20(23-16-19(27)25(2)3)22-9-10-26-11-13-28-14-12-26/h17-18H,4-16H2,1-3H3,(H2,22,23,24). The predicted octanol–water partition coefficient (Wildman–Crippen LogP) is 0.680. The van der Waals surface area contributed by atoms with Crippen LogP contribution in [0.4, 0.5) is 0 Å². The Morgan fingerprint density at radius 3 is 2.66 bits per heavy atom. The lowest BCUT2D eigenvalue weighted by Gasteiger charge is -2.54. The Bertz CT molecular complexity index is 557. The van der Waals surface area contributed by atoms with Crippen molar-refractivity contribution in [3.63, 3.8) is 0 Å². The van der Waals surface area contributed by atoms with Crippen LogP contribution in [0.5, 0.6) is 0 Å². The highest BCUT2D eigenvalue weighted by atomic mass is 16.5. The van der Waals surface area contributed by atoms with Gasteiger partial charge in [0.25, 0.3) is 0 Å². The summed E-state index contributed by atoms with van der Waals surface area (Å²) in [5, 5.41) is 7.11. The number of carbonyl (C=O) groups excluding carboxylic acids is 1. The van der Waals surface area contributed by atoms with Crippen molar-refractivity contribution in [3.8, 4) is 0 Å². The van der Waals surface area contributed by atoms with Gasteiger partial charge in [-0.1, -0.05) is 12.8 Å². The quantitative estimate of drug-likeness (QED) is 0.453. The number of aliphatic imine (C=N–C) groups is 1. The summed E-state index contributed by atoms with van der Waals surface area (Å²) >= 11 is 0. The Morgan fingerprint density at radius 1 is 1.28 bits per heavy atom. The molecule has 0 bridgehead atoms. The first-order valence-electron chi connectivity index (χ1n) is 11.2. The summed E-state index contributed by atoms with van der Waals surface area (Å²) in [7, 11) is 3.53. The fourth-order valence-corrected chi connectivity index (χ4v) is 4.85. The second-order valence-corrected chi connectivity index (χ2v) is 8.65. The molecule has 166 valence electrons. The second kappa shape index (κ2) is 10.6. The topological polar surface area (TPSA) is 78.4 Å². The number of nitrogens with zero attached hydrogens (tertiary/aromatic N) is 3. The highest BCUT2D eigenvalue weighted by Gasteiger charge is 2.56.